The fourth-order valence-electron chi connectivity index (χ4n) is 5.74. The minimum atomic E-state index is -2.10. The van der Waals surface area contributed by atoms with Crippen LogP contribution in [0.4, 0.5) is 0 Å². The van der Waals surface area contributed by atoms with Gasteiger partial charge in [-0.3, -0.25) is 9.59 Å². The molecule has 6 heteroatoms. The van der Waals surface area contributed by atoms with Gasteiger partial charge in [0.2, 0.25) is 8.32 Å². The Morgan fingerprint density at radius 2 is 1.81 bits per heavy atom. The molecule has 3 rings (SSSR count). The van der Waals surface area contributed by atoms with Gasteiger partial charge in [0.05, 0.1) is 11.9 Å². The molecule has 0 spiro atoms. The maximum Gasteiger partial charge on any atom is 0.250 e. The minimum absolute atomic E-state index is 0.00199. The van der Waals surface area contributed by atoms with Gasteiger partial charge >= 0.3 is 0 Å². The average molecular weight is 449 g/mol. The van der Waals surface area contributed by atoms with E-state index in [1.165, 1.54) is 5.57 Å². The van der Waals surface area contributed by atoms with Crippen molar-refractivity contribution in [2.75, 3.05) is 20.8 Å². The van der Waals surface area contributed by atoms with Crippen molar-refractivity contribution in [2.45, 2.75) is 78.1 Å². The van der Waals surface area contributed by atoms with Crippen LogP contribution in [-0.2, 0) is 23.5 Å². The molecule has 3 aliphatic rings. The van der Waals surface area contributed by atoms with Gasteiger partial charge in [0.1, 0.15) is 0 Å². The summed E-state index contributed by atoms with van der Waals surface area (Å²) in [5, 5.41) is 0.0500. The number of methoxy groups -OCH3 is 2. The molecular formula is C25H40O5Si. The smallest absolute Gasteiger partial charge is 0.250 e. The van der Waals surface area contributed by atoms with E-state index in [9.17, 15) is 9.59 Å². The van der Waals surface area contributed by atoms with Crippen LogP contribution in [0.15, 0.2) is 23.0 Å². The van der Waals surface area contributed by atoms with E-state index in [1.807, 2.05) is 6.92 Å². The number of hydrogen-bond donors (Lipinski definition) is 0. The Hall–Kier alpha value is -1.24. The Morgan fingerprint density at radius 3 is 2.35 bits per heavy atom. The van der Waals surface area contributed by atoms with Gasteiger partial charge in [0.15, 0.2) is 11.6 Å². The lowest BCUT2D eigenvalue weighted by Gasteiger charge is -2.50. The summed E-state index contributed by atoms with van der Waals surface area (Å²) in [6.45, 7) is 15.6. The lowest BCUT2D eigenvalue weighted by molar-refractivity contribution is -0.142. The molecule has 0 bridgehead atoms. The maximum atomic E-state index is 13.6. The summed E-state index contributed by atoms with van der Waals surface area (Å²) in [6, 6.07) is 0. The van der Waals surface area contributed by atoms with Crippen LogP contribution in [0.3, 0.4) is 0 Å². The van der Waals surface area contributed by atoms with Crippen LogP contribution < -0.4 is 0 Å². The number of Topliss-reactive ketones (excluding diaryl/α,β-unsaturated/α-hetero) is 1. The molecule has 0 radical (unpaired) electrons. The Bertz CT molecular complexity index is 818. The second-order valence-corrected chi connectivity index (χ2v) is 16.0. The molecule has 0 aromatic carbocycles. The lowest BCUT2D eigenvalue weighted by Crippen LogP contribution is -2.54. The second-order valence-electron chi connectivity index (χ2n) is 11.3. The van der Waals surface area contributed by atoms with Crippen LogP contribution in [0.25, 0.3) is 0 Å². The Morgan fingerprint density at radius 1 is 1.16 bits per heavy atom. The summed E-state index contributed by atoms with van der Waals surface area (Å²) >= 11 is 0. The number of carbonyl (C=O) groups is 2. The molecule has 0 unspecified atom stereocenters. The third kappa shape index (κ3) is 3.89. The van der Waals surface area contributed by atoms with Crippen LogP contribution in [0.1, 0.15) is 53.9 Å². The predicted molar refractivity (Wildman–Crippen MR) is 124 cm³/mol. The normalized spacial score (nSPS) is 33.9. The summed E-state index contributed by atoms with van der Waals surface area (Å²) in [5.41, 5.74) is 1.02. The molecular weight excluding hydrogens is 408 g/mol. The highest BCUT2D eigenvalue weighted by Gasteiger charge is 2.62. The highest BCUT2D eigenvalue weighted by atomic mass is 28.4. The third-order valence-corrected chi connectivity index (χ3v) is 12.9. The van der Waals surface area contributed by atoms with Gasteiger partial charge in [0.25, 0.3) is 0 Å². The maximum absolute atomic E-state index is 13.6. The van der Waals surface area contributed by atoms with Crippen molar-refractivity contribution >= 4 is 19.9 Å². The van der Waals surface area contributed by atoms with Gasteiger partial charge in [-0.15, -0.1) is 0 Å². The lowest BCUT2D eigenvalue weighted by atomic mass is 9.53. The number of ether oxygens (including phenoxy) is 2. The van der Waals surface area contributed by atoms with Crippen molar-refractivity contribution in [1.82, 2.24) is 0 Å². The molecule has 0 aromatic heterocycles. The summed E-state index contributed by atoms with van der Waals surface area (Å²) in [7, 11) is 1.35. The van der Waals surface area contributed by atoms with Gasteiger partial charge in [-0.25, -0.2) is 0 Å². The summed E-state index contributed by atoms with van der Waals surface area (Å²) in [6.07, 6.45) is 3.61. The molecule has 1 fully saturated rings. The topological polar surface area (TPSA) is 61.8 Å². The van der Waals surface area contributed by atoms with Crippen LogP contribution in [0, 0.1) is 23.2 Å². The van der Waals surface area contributed by atoms with E-state index in [4.69, 9.17) is 13.9 Å². The Labute approximate surface area is 188 Å². The second kappa shape index (κ2) is 8.27. The fraction of sp³-hybridized carbons (Fsp3) is 0.760. The molecule has 5 nitrogen and oxygen atoms in total. The van der Waals surface area contributed by atoms with Gasteiger partial charge in [-0.1, -0.05) is 27.7 Å². The van der Waals surface area contributed by atoms with Crippen molar-refractivity contribution in [3.8, 4) is 0 Å². The van der Waals surface area contributed by atoms with E-state index in [1.54, 1.807) is 27.2 Å². The van der Waals surface area contributed by atoms with Gasteiger partial charge < -0.3 is 13.9 Å². The number of allylic oxidation sites excluding steroid dienone is 3. The minimum Gasteiger partial charge on any atom is -0.547 e. The molecule has 0 heterocycles. The van der Waals surface area contributed by atoms with Crippen LogP contribution >= 0.6 is 0 Å². The van der Waals surface area contributed by atoms with Crippen LogP contribution in [-0.4, -0.2) is 46.8 Å². The predicted octanol–water partition coefficient (Wildman–Crippen LogP) is 5.07. The molecule has 174 valence electrons. The average Bonchev–Trinajstić information content (AvgIpc) is 3.05. The number of rotatable bonds is 6. The van der Waals surface area contributed by atoms with E-state index in [0.29, 0.717) is 18.6 Å². The molecule has 0 amide bonds. The number of ketones is 2. The number of fused-ring (bicyclic) bond motifs is 3. The van der Waals surface area contributed by atoms with Crippen molar-refractivity contribution in [3.05, 3.63) is 23.0 Å². The van der Waals surface area contributed by atoms with E-state index in [2.05, 4.69) is 33.9 Å². The molecule has 1 saturated carbocycles. The van der Waals surface area contributed by atoms with E-state index in [0.717, 1.165) is 18.6 Å². The van der Waals surface area contributed by atoms with Crippen molar-refractivity contribution < 1.29 is 23.5 Å². The summed E-state index contributed by atoms with van der Waals surface area (Å²) < 4.78 is 18.2. The zero-order chi connectivity index (χ0) is 23.4. The SMILES string of the molecule is COCC[C@H]1[C@@H](OC)CC2=C(O[Si](C)(C)C(C)(C)C)C[C@@H]3C(=O)C=C(C)C(=O)[C@]3(C)[C@@H]21. The van der Waals surface area contributed by atoms with Crippen molar-refractivity contribution in [2.24, 2.45) is 23.2 Å². The molecule has 31 heavy (non-hydrogen) atoms. The van der Waals surface area contributed by atoms with Crippen LogP contribution in [0.5, 0.6) is 0 Å². The third-order valence-electron chi connectivity index (χ3n) is 8.51. The first-order valence-corrected chi connectivity index (χ1v) is 14.4. The van der Waals surface area contributed by atoms with Gasteiger partial charge in [-0.05, 0) is 61.0 Å². The summed E-state index contributed by atoms with van der Waals surface area (Å²) in [5.74, 6) is 0.791. The first kappa shape index (κ1) is 24.4. The molecule has 0 N–H and O–H groups in total. The van der Waals surface area contributed by atoms with E-state index >= 15 is 0 Å². The molecule has 3 aliphatic carbocycles. The van der Waals surface area contributed by atoms with Crippen molar-refractivity contribution in [3.63, 3.8) is 0 Å². The van der Waals surface area contributed by atoms with Gasteiger partial charge in [0, 0.05) is 44.5 Å². The highest BCUT2D eigenvalue weighted by Crippen LogP contribution is 2.61. The largest absolute Gasteiger partial charge is 0.547 e. The molecule has 5 atom stereocenters. The van der Waals surface area contributed by atoms with E-state index in [-0.39, 0.29) is 40.5 Å². The zero-order valence-electron chi connectivity index (χ0n) is 20.8. The zero-order valence-corrected chi connectivity index (χ0v) is 21.8. The monoisotopic (exact) mass is 448 g/mol. The molecule has 0 saturated heterocycles. The fourth-order valence-corrected chi connectivity index (χ4v) is 6.88. The summed E-state index contributed by atoms with van der Waals surface area (Å²) in [4.78, 5) is 26.8. The first-order chi connectivity index (χ1) is 14.3. The van der Waals surface area contributed by atoms with Crippen LogP contribution in [0.2, 0.25) is 18.1 Å². The standard InChI is InChI=1S/C25H40O5Si/c1-15-12-19(26)18-14-21(30-31(8,9)24(2,3)4)17-13-20(29-7)16(10-11-28-6)22(17)25(18,5)23(15)27/h12,16,18,20,22H,10-11,13-14H2,1-9H3/t16-,18+,20-,22+,25-/m0/s1. The Kier molecular flexibility index (Phi) is 6.51. The van der Waals surface area contributed by atoms with Crippen molar-refractivity contribution in [1.29, 1.82) is 0 Å². The van der Waals surface area contributed by atoms with E-state index < -0.39 is 13.7 Å². The first-order valence-electron chi connectivity index (χ1n) is 11.5. The quantitative estimate of drug-likeness (QED) is 0.531. The molecule has 0 aliphatic heterocycles. The number of carbonyl (C=O) groups excluding carboxylic acids is 2. The van der Waals surface area contributed by atoms with Gasteiger partial charge in [-0.2, -0.15) is 0 Å². The Balaban J connectivity index is 2.17. The number of hydrogen-bond acceptors (Lipinski definition) is 5. The molecule has 0 aromatic rings. The highest BCUT2D eigenvalue weighted by molar-refractivity contribution is 6.74.